The molecule has 19 heavy (non-hydrogen) atoms. The van der Waals surface area contributed by atoms with Crippen LogP contribution >= 0.6 is 0 Å². The van der Waals surface area contributed by atoms with E-state index in [9.17, 15) is 0 Å². The van der Waals surface area contributed by atoms with Crippen molar-refractivity contribution >= 4 is 0 Å². The van der Waals surface area contributed by atoms with Crippen LogP contribution in [-0.4, -0.2) is 25.4 Å². The minimum Gasteiger partial charge on any atom is -0.379 e. The third kappa shape index (κ3) is 3.35. The quantitative estimate of drug-likeness (QED) is 0.888. The SMILES string of the molecule is CCOCC(C)OC1CC(C)c2ccccc2C1N. The van der Waals surface area contributed by atoms with Gasteiger partial charge < -0.3 is 15.2 Å². The van der Waals surface area contributed by atoms with Crippen LogP contribution in [0.2, 0.25) is 0 Å². The Labute approximate surface area is 116 Å². The zero-order chi connectivity index (χ0) is 13.8. The highest BCUT2D eigenvalue weighted by molar-refractivity contribution is 5.35. The summed E-state index contributed by atoms with van der Waals surface area (Å²) >= 11 is 0. The van der Waals surface area contributed by atoms with Gasteiger partial charge in [-0.1, -0.05) is 31.2 Å². The van der Waals surface area contributed by atoms with Gasteiger partial charge in [0.05, 0.1) is 24.9 Å². The molecule has 0 bridgehead atoms. The lowest BCUT2D eigenvalue weighted by atomic mass is 9.79. The molecule has 3 heteroatoms. The van der Waals surface area contributed by atoms with Crippen molar-refractivity contribution in [2.24, 2.45) is 5.73 Å². The lowest BCUT2D eigenvalue weighted by Gasteiger charge is -2.36. The molecule has 4 atom stereocenters. The van der Waals surface area contributed by atoms with Gasteiger partial charge in [0.2, 0.25) is 0 Å². The van der Waals surface area contributed by atoms with Crippen molar-refractivity contribution in [3.8, 4) is 0 Å². The molecule has 4 unspecified atom stereocenters. The molecule has 106 valence electrons. The second-order valence-electron chi connectivity index (χ2n) is 5.44. The second-order valence-corrected chi connectivity index (χ2v) is 5.44. The average molecular weight is 263 g/mol. The van der Waals surface area contributed by atoms with Gasteiger partial charge in [-0.05, 0) is 37.3 Å². The maximum Gasteiger partial charge on any atom is 0.0785 e. The van der Waals surface area contributed by atoms with Crippen molar-refractivity contribution in [2.75, 3.05) is 13.2 Å². The van der Waals surface area contributed by atoms with E-state index < -0.39 is 0 Å². The largest absolute Gasteiger partial charge is 0.379 e. The average Bonchev–Trinajstić information content (AvgIpc) is 2.42. The second kappa shape index (κ2) is 6.51. The summed E-state index contributed by atoms with van der Waals surface area (Å²) in [5.74, 6) is 0.500. The maximum atomic E-state index is 6.36. The standard InChI is InChI=1S/C16H25NO2/c1-4-18-10-12(3)19-15-9-11(2)13-7-5-6-8-14(13)16(15)17/h5-8,11-12,15-16H,4,9-10,17H2,1-3H3. The monoisotopic (exact) mass is 263 g/mol. The van der Waals surface area contributed by atoms with Crippen LogP contribution in [0.4, 0.5) is 0 Å². The van der Waals surface area contributed by atoms with Crippen LogP contribution in [0.25, 0.3) is 0 Å². The highest BCUT2D eigenvalue weighted by Crippen LogP contribution is 2.37. The molecule has 0 saturated carbocycles. The number of fused-ring (bicyclic) bond motifs is 1. The molecule has 0 saturated heterocycles. The van der Waals surface area contributed by atoms with Gasteiger partial charge in [0.15, 0.2) is 0 Å². The van der Waals surface area contributed by atoms with Crippen LogP contribution in [0.1, 0.15) is 50.3 Å². The van der Waals surface area contributed by atoms with Gasteiger partial charge in [0, 0.05) is 6.61 Å². The van der Waals surface area contributed by atoms with E-state index in [0.29, 0.717) is 12.5 Å². The fourth-order valence-electron chi connectivity index (χ4n) is 2.85. The summed E-state index contributed by atoms with van der Waals surface area (Å²) in [7, 11) is 0. The summed E-state index contributed by atoms with van der Waals surface area (Å²) < 4.78 is 11.5. The molecule has 0 radical (unpaired) electrons. The first-order valence-corrected chi connectivity index (χ1v) is 7.21. The zero-order valence-electron chi connectivity index (χ0n) is 12.1. The summed E-state index contributed by atoms with van der Waals surface area (Å²) in [4.78, 5) is 0. The third-order valence-electron chi connectivity index (χ3n) is 3.84. The van der Waals surface area contributed by atoms with Gasteiger partial charge in [-0.15, -0.1) is 0 Å². The first kappa shape index (κ1) is 14.5. The Bertz CT molecular complexity index is 407. The molecule has 1 aliphatic carbocycles. The van der Waals surface area contributed by atoms with Crippen molar-refractivity contribution < 1.29 is 9.47 Å². The van der Waals surface area contributed by atoms with Crippen molar-refractivity contribution in [1.82, 2.24) is 0 Å². The molecule has 0 amide bonds. The van der Waals surface area contributed by atoms with Crippen LogP contribution in [0.15, 0.2) is 24.3 Å². The number of nitrogens with two attached hydrogens (primary N) is 1. The molecule has 0 heterocycles. The van der Waals surface area contributed by atoms with Gasteiger partial charge in [-0.2, -0.15) is 0 Å². The highest BCUT2D eigenvalue weighted by atomic mass is 16.5. The predicted molar refractivity (Wildman–Crippen MR) is 77.2 cm³/mol. The third-order valence-corrected chi connectivity index (χ3v) is 3.84. The van der Waals surface area contributed by atoms with Crippen LogP contribution in [-0.2, 0) is 9.47 Å². The van der Waals surface area contributed by atoms with Gasteiger partial charge in [0.25, 0.3) is 0 Å². The summed E-state index contributed by atoms with van der Waals surface area (Å²) in [5.41, 5.74) is 8.96. The zero-order valence-corrected chi connectivity index (χ0v) is 12.1. The molecular formula is C16H25NO2. The Kier molecular flexibility index (Phi) is 4.97. The van der Waals surface area contributed by atoms with Crippen molar-refractivity contribution in [1.29, 1.82) is 0 Å². The maximum absolute atomic E-state index is 6.36. The smallest absolute Gasteiger partial charge is 0.0785 e. The van der Waals surface area contributed by atoms with Crippen molar-refractivity contribution in [3.05, 3.63) is 35.4 Å². The lowest BCUT2D eigenvalue weighted by molar-refractivity contribution is -0.0632. The Balaban J connectivity index is 2.05. The topological polar surface area (TPSA) is 44.5 Å². The van der Waals surface area contributed by atoms with E-state index in [0.717, 1.165) is 13.0 Å². The normalized spacial score (nSPS) is 27.9. The molecule has 0 fully saturated rings. The lowest BCUT2D eigenvalue weighted by Crippen LogP contribution is -2.38. The summed E-state index contributed by atoms with van der Waals surface area (Å²) in [6.45, 7) is 7.65. The van der Waals surface area contributed by atoms with E-state index in [1.807, 2.05) is 13.8 Å². The molecular weight excluding hydrogens is 238 g/mol. The van der Waals surface area contributed by atoms with Gasteiger partial charge in [-0.3, -0.25) is 0 Å². The Morgan fingerprint density at radius 3 is 2.68 bits per heavy atom. The fraction of sp³-hybridized carbons (Fsp3) is 0.625. The first-order chi connectivity index (χ1) is 9.13. The first-order valence-electron chi connectivity index (χ1n) is 7.21. The molecule has 2 N–H and O–H groups in total. The van der Waals surface area contributed by atoms with E-state index >= 15 is 0 Å². The number of hydrogen-bond acceptors (Lipinski definition) is 3. The van der Waals surface area contributed by atoms with Crippen LogP contribution in [0.3, 0.4) is 0 Å². The minimum absolute atomic E-state index is 0.0310. The molecule has 0 aromatic heterocycles. The summed E-state index contributed by atoms with van der Waals surface area (Å²) in [5, 5.41) is 0. The Hall–Kier alpha value is -0.900. The van der Waals surface area contributed by atoms with Crippen LogP contribution < -0.4 is 5.73 Å². The van der Waals surface area contributed by atoms with E-state index in [1.165, 1.54) is 11.1 Å². The molecule has 0 spiro atoms. The van der Waals surface area contributed by atoms with Gasteiger partial charge >= 0.3 is 0 Å². The molecule has 1 aromatic carbocycles. The molecule has 0 aliphatic heterocycles. The van der Waals surface area contributed by atoms with Crippen molar-refractivity contribution in [3.63, 3.8) is 0 Å². The van der Waals surface area contributed by atoms with Crippen molar-refractivity contribution in [2.45, 2.75) is 51.4 Å². The van der Waals surface area contributed by atoms with E-state index in [2.05, 4.69) is 31.2 Å². The fourth-order valence-corrected chi connectivity index (χ4v) is 2.85. The number of benzene rings is 1. The summed E-state index contributed by atoms with van der Waals surface area (Å²) in [6.07, 6.45) is 1.16. The van der Waals surface area contributed by atoms with E-state index in [1.54, 1.807) is 0 Å². The van der Waals surface area contributed by atoms with Gasteiger partial charge in [0.1, 0.15) is 0 Å². The van der Waals surface area contributed by atoms with Gasteiger partial charge in [-0.25, -0.2) is 0 Å². The number of rotatable bonds is 5. The van der Waals surface area contributed by atoms with Crippen LogP contribution in [0.5, 0.6) is 0 Å². The minimum atomic E-state index is -0.0310. The van der Waals surface area contributed by atoms with Crippen LogP contribution in [0, 0.1) is 0 Å². The Morgan fingerprint density at radius 1 is 1.32 bits per heavy atom. The number of hydrogen-bond donors (Lipinski definition) is 1. The molecule has 1 aliphatic rings. The molecule has 2 rings (SSSR count). The highest BCUT2D eigenvalue weighted by Gasteiger charge is 2.32. The predicted octanol–water partition coefficient (Wildman–Crippen LogP) is 3.00. The summed E-state index contributed by atoms with van der Waals surface area (Å²) in [6, 6.07) is 8.41. The molecule has 1 aromatic rings. The number of ether oxygens (including phenoxy) is 2. The molecule has 3 nitrogen and oxygen atoms in total. The van der Waals surface area contributed by atoms with E-state index in [4.69, 9.17) is 15.2 Å². The Morgan fingerprint density at radius 2 is 2.00 bits per heavy atom. The van der Waals surface area contributed by atoms with E-state index in [-0.39, 0.29) is 18.2 Å².